The van der Waals surface area contributed by atoms with E-state index in [9.17, 15) is 0 Å². The van der Waals surface area contributed by atoms with Crippen LogP contribution >= 0.6 is 0 Å². The Morgan fingerprint density at radius 2 is 2.06 bits per heavy atom. The molecule has 1 heterocycles. The molecule has 0 bridgehead atoms. The Kier molecular flexibility index (Phi) is 4.02. The quantitative estimate of drug-likeness (QED) is 0.844. The lowest BCUT2D eigenvalue weighted by Crippen LogP contribution is -2.28. The maximum Gasteiger partial charge on any atom is 0.0958 e. The predicted octanol–water partition coefficient (Wildman–Crippen LogP) is 2.59. The first-order valence-corrected chi connectivity index (χ1v) is 6.36. The van der Waals surface area contributed by atoms with Gasteiger partial charge in [-0.3, -0.25) is 5.41 Å². The first kappa shape index (κ1) is 12.0. The van der Waals surface area contributed by atoms with Crippen LogP contribution in [0, 0.1) is 5.41 Å². The van der Waals surface area contributed by atoms with Crippen LogP contribution in [-0.4, -0.2) is 37.4 Å². The molecule has 1 aromatic rings. The van der Waals surface area contributed by atoms with Gasteiger partial charge in [-0.2, -0.15) is 0 Å². The lowest BCUT2D eigenvalue weighted by atomic mass is 10.3. The molecule has 2 rings (SSSR count). The van der Waals surface area contributed by atoms with Gasteiger partial charge < -0.3 is 9.80 Å². The zero-order valence-corrected chi connectivity index (χ0v) is 10.5. The highest BCUT2D eigenvalue weighted by molar-refractivity contribution is 5.80. The third-order valence-corrected chi connectivity index (χ3v) is 3.34. The summed E-state index contributed by atoms with van der Waals surface area (Å²) >= 11 is 0. The molecule has 1 aromatic carbocycles. The van der Waals surface area contributed by atoms with Crippen molar-refractivity contribution in [3.8, 4) is 0 Å². The Labute approximate surface area is 104 Å². The highest BCUT2D eigenvalue weighted by atomic mass is 15.2. The topological polar surface area (TPSA) is 30.3 Å². The number of para-hydroxylation sites is 1. The Bertz CT molecular complexity index is 361. The molecule has 0 unspecified atom stereocenters. The summed E-state index contributed by atoms with van der Waals surface area (Å²) in [5, 5.41) is 7.77. The second-order valence-electron chi connectivity index (χ2n) is 4.65. The number of amidine groups is 1. The molecule has 1 aliphatic rings. The third kappa shape index (κ3) is 3.22. The van der Waals surface area contributed by atoms with Crippen LogP contribution in [0.1, 0.15) is 19.3 Å². The number of likely N-dealkylation sites (tertiary alicyclic amines) is 1. The minimum Gasteiger partial charge on any atom is -0.375 e. The average Bonchev–Trinajstić information content (AvgIpc) is 2.76. The zero-order valence-electron chi connectivity index (χ0n) is 10.5. The predicted molar refractivity (Wildman–Crippen MR) is 72.9 cm³/mol. The number of hydrogen-bond acceptors (Lipinski definition) is 2. The average molecular weight is 231 g/mol. The van der Waals surface area contributed by atoms with Crippen LogP contribution in [0.3, 0.4) is 0 Å². The van der Waals surface area contributed by atoms with E-state index in [1.165, 1.54) is 5.69 Å². The molecular weight excluding hydrogens is 210 g/mol. The van der Waals surface area contributed by atoms with Crippen LogP contribution in [0.4, 0.5) is 5.69 Å². The molecule has 3 nitrogen and oxygen atoms in total. The number of hydrogen-bond donors (Lipinski definition) is 1. The summed E-state index contributed by atoms with van der Waals surface area (Å²) in [4.78, 5) is 4.48. The molecule has 92 valence electrons. The van der Waals surface area contributed by atoms with Gasteiger partial charge in [0.15, 0.2) is 0 Å². The standard InChI is InChI=1S/C14H21N3/c1-16(13-7-3-2-4-8-13)10-6-12-17-11-5-9-14(17)15/h2-4,7-8,15H,5-6,9-12H2,1H3. The molecule has 17 heavy (non-hydrogen) atoms. The fourth-order valence-electron chi connectivity index (χ4n) is 2.29. The molecule has 1 aliphatic heterocycles. The van der Waals surface area contributed by atoms with Crippen LogP contribution in [0.25, 0.3) is 0 Å². The highest BCUT2D eigenvalue weighted by Gasteiger charge is 2.15. The van der Waals surface area contributed by atoms with E-state index in [1.807, 2.05) is 6.07 Å². The van der Waals surface area contributed by atoms with Crippen molar-refractivity contribution in [1.29, 1.82) is 5.41 Å². The van der Waals surface area contributed by atoms with Gasteiger partial charge in [-0.1, -0.05) is 18.2 Å². The number of nitrogens with one attached hydrogen (secondary N) is 1. The van der Waals surface area contributed by atoms with Crippen LogP contribution in [0.5, 0.6) is 0 Å². The molecule has 3 heteroatoms. The summed E-state index contributed by atoms with van der Waals surface area (Å²) < 4.78 is 0. The minimum atomic E-state index is 0.826. The fourth-order valence-corrected chi connectivity index (χ4v) is 2.29. The number of benzene rings is 1. The van der Waals surface area contributed by atoms with E-state index in [-0.39, 0.29) is 0 Å². The van der Waals surface area contributed by atoms with Gasteiger partial charge in [0.1, 0.15) is 0 Å². The van der Waals surface area contributed by atoms with Gasteiger partial charge in [0.25, 0.3) is 0 Å². The highest BCUT2D eigenvalue weighted by Crippen LogP contribution is 2.13. The number of anilines is 1. The van der Waals surface area contributed by atoms with Gasteiger partial charge in [0.05, 0.1) is 5.84 Å². The molecule has 0 saturated carbocycles. The van der Waals surface area contributed by atoms with Crippen molar-refractivity contribution >= 4 is 11.5 Å². The van der Waals surface area contributed by atoms with E-state index < -0.39 is 0 Å². The molecule has 0 aromatic heterocycles. The molecule has 1 fully saturated rings. The van der Waals surface area contributed by atoms with Gasteiger partial charge >= 0.3 is 0 Å². The first-order valence-electron chi connectivity index (χ1n) is 6.36. The molecule has 0 amide bonds. The summed E-state index contributed by atoms with van der Waals surface area (Å²) in [5.74, 6) is 0.826. The van der Waals surface area contributed by atoms with Crippen molar-refractivity contribution in [3.05, 3.63) is 30.3 Å². The second-order valence-corrected chi connectivity index (χ2v) is 4.65. The summed E-state index contributed by atoms with van der Waals surface area (Å²) in [6, 6.07) is 10.5. The van der Waals surface area contributed by atoms with E-state index in [0.717, 1.165) is 44.7 Å². The number of nitrogens with zero attached hydrogens (tertiary/aromatic N) is 2. The Morgan fingerprint density at radius 3 is 2.71 bits per heavy atom. The summed E-state index contributed by atoms with van der Waals surface area (Å²) in [6.07, 6.45) is 3.25. The van der Waals surface area contributed by atoms with E-state index in [0.29, 0.717) is 0 Å². The molecule has 0 aliphatic carbocycles. The zero-order chi connectivity index (χ0) is 12.1. The second kappa shape index (κ2) is 5.71. The van der Waals surface area contributed by atoms with E-state index in [4.69, 9.17) is 5.41 Å². The lowest BCUT2D eigenvalue weighted by Gasteiger charge is -2.22. The smallest absolute Gasteiger partial charge is 0.0958 e. The maximum atomic E-state index is 7.77. The molecule has 0 spiro atoms. The van der Waals surface area contributed by atoms with Crippen molar-refractivity contribution in [2.75, 3.05) is 31.6 Å². The van der Waals surface area contributed by atoms with Crippen LogP contribution < -0.4 is 4.90 Å². The molecule has 1 N–H and O–H groups in total. The van der Waals surface area contributed by atoms with Gasteiger partial charge in [-0.05, 0) is 25.0 Å². The van der Waals surface area contributed by atoms with Gasteiger partial charge in [-0.25, -0.2) is 0 Å². The molecular formula is C14H21N3. The SMILES string of the molecule is CN(CCCN1CCCC1=N)c1ccccc1. The molecule has 1 saturated heterocycles. The van der Waals surface area contributed by atoms with Crippen molar-refractivity contribution in [3.63, 3.8) is 0 Å². The number of rotatable bonds is 5. The monoisotopic (exact) mass is 231 g/mol. The first-order chi connectivity index (χ1) is 8.27. The normalized spacial score (nSPS) is 15.4. The van der Waals surface area contributed by atoms with Gasteiger partial charge in [0.2, 0.25) is 0 Å². The van der Waals surface area contributed by atoms with Crippen LogP contribution in [0.15, 0.2) is 30.3 Å². The van der Waals surface area contributed by atoms with E-state index >= 15 is 0 Å². The summed E-state index contributed by atoms with van der Waals surface area (Å²) in [6.45, 7) is 3.15. The van der Waals surface area contributed by atoms with E-state index in [1.54, 1.807) is 0 Å². The van der Waals surface area contributed by atoms with Crippen molar-refractivity contribution in [2.24, 2.45) is 0 Å². The van der Waals surface area contributed by atoms with Crippen LogP contribution in [0.2, 0.25) is 0 Å². The van der Waals surface area contributed by atoms with E-state index in [2.05, 4.69) is 41.1 Å². The molecule has 0 atom stereocenters. The maximum absolute atomic E-state index is 7.77. The summed E-state index contributed by atoms with van der Waals surface area (Å²) in [7, 11) is 2.13. The Morgan fingerprint density at radius 1 is 1.29 bits per heavy atom. The Hall–Kier alpha value is -1.51. The van der Waals surface area contributed by atoms with Crippen molar-refractivity contribution < 1.29 is 0 Å². The van der Waals surface area contributed by atoms with Crippen molar-refractivity contribution in [2.45, 2.75) is 19.3 Å². The Balaban J connectivity index is 1.73. The van der Waals surface area contributed by atoms with Crippen LogP contribution in [-0.2, 0) is 0 Å². The minimum absolute atomic E-state index is 0.826. The third-order valence-electron chi connectivity index (χ3n) is 3.34. The fraction of sp³-hybridized carbons (Fsp3) is 0.500. The summed E-state index contributed by atoms with van der Waals surface area (Å²) in [5.41, 5.74) is 1.27. The largest absolute Gasteiger partial charge is 0.375 e. The lowest BCUT2D eigenvalue weighted by molar-refractivity contribution is 0.441. The van der Waals surface area contributed by atoms with Gasteiger partial charge in [0, 0.05) is 38.8 Å². The van der Waals surface area contributed by atoms with Crippen molar-refractivity contribution in [1.82, 2.24) is 4.90 Å². The molecule has 0 radical (unpaired) electrons. The van der Waals surface area contributed by atoms with Gasteiger partial charge in [-0.15, -0.1) is 0 Å².